The number of nitriles is 1. The first-order valence-corrected chi connectivity index (χ1v) is 12.3. The predicted molar refractivity (Wildman–Crippen MR) is 131 cm³/mol. The van der Waals surface area contributed by atoms with Crippen LogP contribution in [0.4, 0.5) is 5.69 Å². The zero-order chi connectivity index (χ0) is 24.8. The van der Waals surface area contributed by atoms with Crippen LogP contribution in [0.1, 0.15) is 38.2 Å². The van der Waals surface area contributed by atoms with E-state index >= 15 is 0 Å². The molecule has 3 aliphatic rings. The molecular weight excluding hydrogens is 450 g/mol. The van der Waals surface area contributed by atoms with E-state index in [4.69, 9.17) is 23.9 Å². The number of carbonyl (C=O) groups is 1. The molecule has 1 amide bonds. The highest BCUT2D eigenvalue weighted by atomic mass is 16.5. The van der Waals surface area contributed by atoms with Crippen LogP contribution in [0.5, 0.6) is 17.2 Å². The lowest BCUT2D eigenvalue weighted by Gasteiger charge is -2.29. The number of methoxy groups -OCH3 is 2. The van der Waals surface area contributed by atoms with E-state index in [9.17, 15) is 10.1 Å². The molecule has 3 fully saturated rings. The lowest BCUT2D eigenvalue weighted by atomic mass is 9.96. The Hall–Kier alpha value is -3.03. The molecule has 1 unspecified atom stereocenters. The lowest BCUT2D eigenvalue weighted by Crippen LogP contribution is -2.50. The summed E-state index contributed by atoms with van der Waals surface area (Å²) in [7, 11) is 3.10. The zero-order valence-corrected chi connectivity index (χ0v) is 20.8. The summed E-state index contributed by atoms with van der Waals surface area (Å²) in [5.41, 5.74) is 0.818. The van der Waals surface area contributed by atoms with E-state index in [1.165, 1.54) is 0 Å². The molecule has 4 rings (SSSR count). The first-order chi connectivity index (χ1) is 17.0. The highest BCUT2D eigenvalue weighted by Crippen LogP contribution is 2.46. The number of benzene rings is 1. The Kier molecular flexibility index (Phi) is 8.31. The molecule has 190 valence electrons. The first-order valence-electron chi connectivity index (χ1n) is 12.3. The maximum Gasteiger partial charge on any atom is 0.253 e. The number of nitrogens with one attached hydrogen (secondary N) is 1. The van der Waals surface area contributed by atoms with Gasteiger partial charge in [0.2, 0.25) is 5.75 Å². The molecule has 1 aliphatic carbocycles. The molecule has 0 spiro atoms. The van der Waals surface area contributed by atoms with Gasteiger partial charge >= 0.3 is 0 Å². The standard InChI is InChI=1S/C25H35N5O5/c1-17(29-9-5-10-30(12-11-29)25(31)22-16-27-8-13-34-22)28-20-14-21(32-2)24(33-3)23(19(20)15-26)35-18-6-4-7-18/h14,18,22,27H,4-13,16H2,1-3H3/b28-17+. The van der Waals surface area contributed by atoms with E-state index in [-0.39, 0.29) is 12.0 Å². The fraction of sp³-hybridized carbons (Fsp3) is 0.640. The van der Waals surface area contributed by atoms with Crippen molar-refractivity contribution >= 4 is 17.4 Å². The Bertz CT molecular complexity index is 981. The maximum absolute atomic E-state index is 12.9. The van der Waals surface area contributed by atoms with Crippen LogP contribution in [0.3, 0.4) is 0 Å². The van der Waals surface area contributed by atoms with Gasteiger partial charge in [-0.2, -0.15) is 5.26 Å². The zero-order valence-electron chi connectivity index (χ0n) is 20.8. The molecule has 0 radical (unpaired) electrons. The van der Waals surface area contributed by atoms with Gasteiger partial charge in [-0.05, 0) is 32.6 Å². The van der Waals surface area contributed by atoms with Gasteiger partial charge in [-0.15, -0.1) is 0 Å². The number of morpholine rings is 1. The van der Waals surface area contributed by atoms with Crippen LogP contribution in [0, 0.1) is 11.3 Å². The molecule has 1 aromatic carbocycles. The average Bonchev–Trinajstić information content (AvgIpc) is 3.12. The van der Waals surface area contributed by atoms with Crippen LogP contribution in [0.15, 0.2) is 11.1 Å². The van der Waals surface area contributed by atoms with Crippen molar-refractivity contribution < 1.29 is 23.7 Å². The first kappa shape index (κ1) is 25.1. The molecule has 2 aliphatic heterocycles. The summed E-state index contributed by atoms with van der Waals surface area (Å²) >= 11 is 0. The molecule has 0 aromatic heterocycles. The Morgan fingerprint density at radius 2 is 1.91 bits per heavy atom. The number of amidine groups is 1. The summed E-state index contributed by atoms with van der Waals surface area (Å²) < 4.78 is 22.9. The fourth-order valence-electron chi connectivity index (χ4n) is 4.55. The van der Waals surface area contributed by atoms with Crippen molar-refractivity contribution in [3.8, 4) is 23.3 Å². The minimum absolute atomic E-state index is 0.0399. The summed E-state index contributed by atoms with van der Waals surface area (Å²) in [5.74, 6) is 2.09. The Labute approximate surface area is 206 Å². The van der Waals surface area contributed by atoms with Gasteiger partial charge in [0.25, 0.3) is 5.91 Å². The predicted octanol–water partition coefficient (Wildman–Crippen LogP) is 2.08. The third-order valence-electron chi connectivity index (χ3n) is 6.80. The van der Waals surface area contributed by atoms with Crippen LogP contribution in [0.25, 0.3) is 0 Å². The molecular formula is C25H35N5O5. The third kappa shape index (κ3) is 5.63. The summed E-state index contributed by atoms with van der Waals surface area (Å²) in [6.45, 7) is 6.52. The number of hydrogen-bond acceptors (Lipinski definition) is 8. The summed E-state index contributed by atoms with van der Waals surface area (Å²) in [4.78, 5) is 21.7. The summed E-state index contributed by atoms with van der Waals surface area (Å²) in [5, 5.41) is 13.2. The minimum Gasteiger partial charge on any atom is -0.493 e. The van der Waals surface area contributed by atoms with Gasteiger partial charge in [0, 0.05) is 45.3 Å². The second-order valence-corrected chi connectivity index (χ2v) is 9.01. The number of ether oxygens (including phenoxy) is 4. The number of amides is 1. The average molecular weight is 486 g/mol. The SMILES string of the molecule is COc1cc(/N=C(\C)N2CCCN(C(=O)C3CNCCO3)CC2)c(C#N)c(OC2CCC2)c1OC. The van der Waals surface area contributed by atoms with Crippen molar-refractivity contribution in [1.82, 2.24) is 15.1 Å². The molecule has 1 atom stereocenters. The van der Waals surface area contributed by atoms with E-state index < -0.39 is 6.10 Å². The van der Waals surface area contributed by atoms with Gasteiger partial charge in [-0.25, -0.2) is 4.99 Å². The van der Waals surface area contributed by atoms with Gasteiger partial charge in [0.15, 0.2) is 11.5 Å². The number of nitrogens with zero attached hydrogens (tertiary/aromatic N) is 4. The number of carbonyl (C=O) groups excluding carboxylic acids is 1. The van der Waals surface area contributed by atoms with Gasteiger partial charge in [0.1, 0.15) is 23.6 Å². The van der Waals surface area contributed by atoms with Crippen molar-refractivity contribution in [1.29, 1.82) is 5.26 Å². The van der Waals surface area contributed by atoms with Crippen LogP contribution in [0.2, 0.25) is 0 Å². The van der Waals surface area contributed by atoms with Crippen LogP contribution >= 0.6 is 0 Å². The smallest absolute Gasteiger partial charge is 0.253 e. The van der Waals surface area contributed by atoms with Gasteiger partial charge in [-0.3, -0.25) is 4.79 Å². The topological polar surface area (TPSA) is 109 Å². The Morgan fingerprint density at radius 3 is 2.54 bits per heavy atom. The quantitative estimate of drug-likeness (QED) is 0.482. The molecule has 1 aromatic rings. The van der Waals surface area contributed by atoms with Gasteiger partial charge in [-0.1, -0.05) is 0 Å². The van der Waals surface area contributed by atoms with Crippen LogP contribution < -0.4 is 19.5 Å². The normalized spacial score (nSPS) is 21.5. The third-order valence-corrected chi connectivity index (χ3v) is 6.80. The highest BCUT2D eigenvalue weighted by Gasteiger charge is 2.29. The second kappa shape index (κ2) is 11.6. The van der Waals surface area contributed by atoms with E-state index in [0.29, 0.717) is 61.3 Å². The van der Waals surface area contributed by atoms with E-state index in [1.54, 1.807) is 20.3 Å². The molecule has 10 nitrogen and oxygen atoms in total. The van der Waals surface area contributed by atoms with Gasteiger partial charge < -0.3 is 34.1 Å². The molecule has 10 heteroatoms. The molecule has 2 heterocycles. The monoisotopic (exact) mass is 485 g/mol. The lowest BCUT2D eigenvalue weighted by molar-refractivity contribution is -0.145. The van der Waals surface area contributed by atoms with Crippen molar-refractivity contribution in [2.75, 3.05) is 60.1 Å². The highest BCUT2D eigenvalue weighted by molar-refractivity contribution is 5.85. The van der Waals surface area contributed by atoms with Crippen molar-refractivity contribution in [3.63, 3.8) is 0 Å². The van der Waals surface area contributed by atoms with Crippen molar-refractivity contribution in [2.45, 2.75) is 44.8 Å². The maximum atomic E-state index is 12.9. The molecule has 1 saturated carbocycles. The molecule has 0 bridgehead atoms. The van der Waals surface area contributed by atoms with Crippen LogP contribution in [-0.2, 0) is 9.53 Å². The Balaban J connectivity index is 1.54. The largest absolute Gasteiger partial charge is 0.493 e. The number of rotatable bonds is 6. The molecule has 2 saturated heterocycles. The number of hydrogen-bond donors (Lipinski definition) is 1. The van der Waals surface area contributed by atoms with Gasteiger partial charge in [0.05, 0.1) is 32.6 Å². The fourth-order valence-corrected chi connectivity index (χ4v) is 4.55. The van der Waals surface area contributed by atoms with Crippen LogP contribution in [-0.4, -0.2) is 93.8 Å². The second-order valence-electron chi connectivity index (χ2n) is 9.01. The summed E-state index contributed by atoms with van der Waals surface area (Å²) in [6.07, 6.45) is 3.50. The number of aliphatic imine (C=N–C) groups is 1. The summed E-state index contributed by atoms with van der Waals surface area (Å²) in [6, 6.07) is 3.98. The minimum atomic E-state index is -0.413. The Morgan fingerprint density at radius 1 is 1.14 bits per heavy atom. The molecule has 35 heavy (non-hydrogen) atoms. The van der Waals surface area contributed by atoms with Crippen molar-refractivity contribution in [3.05, 3.63) is 11.6 Å². The molecule has 1 N–H and O–H groups in total. The van der Waals surface area contributed by atoms with Crippen molar-refractivity contribution in [2.24, 2.45) is 4.99 Å². The van der Waals surface area contributed by atoms with E-state index in [1.807, 2.05) is 11.8 Å². The van der Waals surface area contributed by atoms with E-state index in [0.717, 1.165) is 44.6 Å². The van der Waals surface area contributed by atoms with E-state index in [2.05, 4.69) is 16.3 Å².